The van der Waals surface area contributed by atoms with Gasteiger partial charge in [0.2, 0.25) is 0 Å². The van der Waals surface area contributed by atoms with Crippen molar-refractivity contribution in [3.63, 3.8) is 0 Å². The van der Waals surface area contributed by atoms with E-state index in [4.69, 9.17) is 16.7 Å². The molecule has 0 radical (unpaired) electrons. The van der Waals surface area contributed by atoms with E-state index in [0.29, 0.717) is 5.88 Å². The summed E-state index contributed by atoms with van der Waals surface area (Å²) in [5.74, 6) is 0.513. The smallest absolute Gasteiger partial charge is 0.0966 e. The lowest BCUT2D eigenvalue weighted by molar-refractivity contribution is 0.276. The van der Waals surface area contributed by atoms with E-state index in [9.17, 15) is 0 Å². The first-order valence-electron chi connectivity index (χ1n) is 9.19. The highest BCUT2D eigenvalue weighted by Crippen LogP contribution is 2.36. The molecule has 140 valence electrons. The number of aromatic nitrogens is 2. The van der Waals surface area contributed by atoms with Crippen molar-refractivity contribution in [3.05, 3.63) is 47.8 Å². The minimum absolute atomic E-state index is 0.0407. The molecule has 0 spiro atoms. The molecule has 0 aliphatic heterocycles. The van der Waals surface area contributed by atoms with Gasteiger partial charge in [-0.15, -0.1) is 35.1 Å². The maximum Gasteiger partial charge on any atom is 0.0966 e. The first-order valence-corrected chi connectivity index (χ1v) is 11.5. The van der Waals surface area contributed by atoms with Crippen LogP contribution in [0.2, 0.25) is 0 Å². The van der Waals surface area contributed by atoms with Gasteiger partial charge in [-0.3, -0.25) is 0 Å². The summed E-state index contributed by atoms with van der Waals surface area (Å²) in [6, 6.07) is 11.9. The molecule has 6 heteroatoms. The van der Waals surface area contributed by atoms with Crippen molar-refractivity contribution in [1.82, 2.24) is 9.97 Å². The largest absolute Gasteiger partial charge is 0.390 e. The van der Waals surface area contributed by atoms with Crippen LogP contribution in [0.15, 0.2) is 46.5 Å². The molecule has 0 bridgehead atoms. The molecular formula is C20H25ClN2OS2. The van der Waals surface area contributed by atoms with Crippen LogP contribution in [-0.2, 0) is 12.5 Å². The minimum atomic E-state index is 0.0407. The number of hydrogen-bond acceptors (Lipinski definition) is 5. The summed E-state index contributed by atoms with van der Waals surface area (Å²) in [6.45, 7) is 0.0407. The van der Waals surface area contributed by atoms with E-state index in [-0.39, 0.29) is 6.61 Å². The molecule has 0 amide bonds. The lowest BCUT2D eigenvalue weighted by Crippen LogP contribution is -2.13. The monoisotopic (exact) mass is 408 g/mol. The van der Waals surface area contributed by atoms with Gasteiger partial charge in [-0.05, 0) is 49.9 Å². The number of rotatable bonds is 6. The average Bonchev–Trinajstić information content (AvgIpc) is 2.62. The molecule has 2 saturated carbocycles. The SMILES string of the molecule is ClCc1cccc(SC2CCC2)n1.OCc1cccc(SC2CCC2)n1. The van der Waals surface area contributed by atoms with Crippen molar-refractivity contribution >= 4 is 35.1 Å². The van der Waals surface area contributed by atoms with Crippen molar-refractivity contribution in [2.45, 2.75) is 71.6 Å². The molecular weight excluding hydrogens is 384 g/mol. The molecule has 2 heterocycles. The molecule has 0 saturated heterocycles. The fourth-order valence-corrected chi connectivity index (χ4v) is 5.15. The molecule has 2 aliphatic carbocycles. The molecule has 0 aromatic carbocycles. The Labute approximate surface area is 169 Å². The third kappa shape index (κ3) is 6.15. The quantitative estimate of drug-likeness (QED) is 0.622. The lowest BCUT2D eigenvalue weighted by atomic mass is 10.0. The van der Waals surface area contributed by atoms with Crippen LogP contribution >= 0.6 is 35.1 Å². The number of aliphatic hydroxyl groups is 1. The zero-order valence-electron chi connectivity index (χ0n) is 14.8. The van der Waals surface area contributed by atoms with Crippen molar-refractivity contribution in [1.29, 1.82) is 0 Å². The molecule has 2 aromatic heterocycles. The van der Waals surface area contributed by atoms with Crippen LogP contribution in [0, 0.1) is 0 Å². The van der Waals surface area contributed by atoms with Crippen LogP contribution in [0.3, 0.4) is 0 Å². The fourth-order valence-electron chi connectivity index (χ4n) is 2.53. The van der Waals surface area contributed by atoms with Crippen LogP contribution in [0.5, 0.6) is 0 Å². The van der Waals surface area contributed by atoms with Gasteiger partial charge in [0.25, 0.3) is 0 Å². The van der Waals surface area contributed by atoms with E-state index in [1.165, 1.54) is 38.5 Å². The lowest BCUT2D eigenvalue weighted by Gasteiger charge is -2.23. The summed E-state index contributed by atoms with van der Waals surface area (Å²) in [7, 11) is 0. The summed E-state index contributed by atoms with van der Waals surface area (Å²) in [6.07, 6.45) is 8.06. The van der Waals surface area contributed by atoms with E-state index < -0.39 is 0 Å². The van der Waals surface area contributed by atoms with Gasteiger partial charge < -0.3 is 5.11 Å². The number of thioether (sulfide) groups is 2. The van der Waals surface area contributed by atoms with Crippen molar-refractivity contribution < 1.29 is 5.11 Å². The highest BCUT2D eigenvalue weighted by molar-refractivity contribution is 8.00. The maximum absolute atomic E-state index is 8.90. The number of hydrogen-bond donors (Lipinski definition) is 1. The van der Waals surface area contributed by atoms with Crippen LogP contribution in [0.4, 0.5) is 0 Å². The van der Waals surface area contributed by atoms with Crippen LogP contribution in [0.1, 0.15) is 49.9 Å². The summed E-state index contributed by atoms with van der Waals surface area (Å²) >= 11 is 9.44. The van der Waals surface area contributed by atoms with Crippen LogP contribution in [-0.4, -0.2) is 25.6 Å². The predicted molar refractivity (Wildman–Crippen MR) is 111 cm³/mol. The Balaban J connectivity index is 0.000000151. The third-order valence-electron chi connectivity index (χ3n) is 4.54. The van der Waals surface area contributed by atoms with Crippen LogP contribution in [0.25, 0.3) is 0 Å². The molecule has 3 nitrogen and oxygen atoms in total. The third-order valence-corrected chi connectivity index (χ3v) is 7.36. The Kier molecular flexibility index (Phi) is 8.11. The summed E-state index contributed by atoms with van der Waals surface area (Å²) in [5, 5.41) is 12.6. The van der Waals surface area contributed by atoms with Crippen molar-refractivity contribution in [3.8, 4) is 0 Å². The molecule has 4 rings (SSSR count). The van der Waals surface area contributed by atoms with Gasteiger partial charge in [0.05, 0.1) is 33.9 Å². The van der Waals surface area contributed by atoms with E-state index in [2.05, 4.69) is 16.0 Å². The normalized spacial score (nSPS) is 17.0. The van der Waals surface area contributed by atoms with Gasteiger partial charge in [0, 0.05) is 10.5 Å². The van der Waals surface area contributed by atoms with Gasteiger partial charge in [-0.1, -0.05) is 25.0 Å². The number of halogens is 1. The number of nitrogens with zero attached hydrogens (tertiary/aromatic N) is 2. The Bertz CT molecular complexity index is 634. The van der Waals surface area contributed by atoms with E-state index in [1.54, 1.807) is 0 Å². The zero-order chi connectivity index (χ0) is 18.2. The van der Waals surface area contributed by atoms with Gasteiger partial charge in [-0.25, -0.2) is 9.97 Å². The van der Waals surface area contributed by atoms with E-state index in [0.717, 1.165) is 31.9 Å². The maximum atomic E-state index is 8.90. The van der Waals surface area contributed by atoms with E-state index in [1.807, 2.05) is 53.9 Å². The first-order chi connectivity index (χ1) is 12.8. The Hall–Kier alpha value is -0.750. The Morgan fingerprint density at radius 1 is 0.846 bits per heavy atom. The highest BCUT2D eigenvalue weighted by Gasteiger charge is 2.19. The second-order valence-electron chi connectivity index (χ2n) is 6.57. The van der Waals surface area contributed by atoms with Crippen molar-refractivity contribution in [2.24, 2.45) is 0 Å². The second-order valence-corrected chi connectivity index (χ2v) is 9.48. The Morgan fingerprint density at radius 2 is 1.35 bits per heavy atom. The van der Waals surface area contributed by atoms with Gasteiger partial charge >= 0.3 is 0 Å². The topological polar surface area (TPSA) is 46.0 Å². The standard InChI is InChI=1S/C10H12ClNS.C10H13NOS/c11-7-8-3-1-6-10(12-8)13-9-4-2-5-9;12-7-8-3-1-6-10(11-8)13-9-4-2-5-9/h1,3,6,9H,2,4-5,7H2;1,3,6,9,12H,2,4-5,7H2. The molecule has 0 unspecified atom stereocenters. The Morgan fingerprint density at radius 3 is 1.77 bits per heavy atom. The molecule has 2 aromatic rings. The minimum Gasteiger partial charge on any atom is -0.390 e. The molecule has 2 fully saturated rings. The first kappa shape index (κ1) is 20.0. The molecule has 1 N–H and O–H groups in total. The summed E-state index contributed by atoms with van der Waals surface area (Å²) in [4.78, 5) is 8.77. The number of aliphatic hydroxyl groups excluding tert-OH is 1. The number of pyridine rings is 2. The second kappa shape index (κ2) is 10.5. The zero-order valence-corrected chi connectivity index (χ0v) is 17.2. The average molecular weight is 409 g/mol. The van der Waals surface area contributed by atoms with Gasteiger partial charge in [0.1, 0.15) is 0 Å². The molecule has 0 atom stereocenters. The van der Waals surface area contributed by atoms with Crippen LogP contribution < -0.4 is 0 Å². The van der Waals surface area contributed by atoms with E-state index >= 15 is 0 Å². The number of alkyl halides is 1. The van der Waals surface area contributed by atoms with Gasteiger partial charge in [0.15, 0.2) is 0 Å². The summed E-state index contributed by atoms with van der Waals surface area (Å²) in [5.41, 5.74) is 1.75. The fraction of sp³-hybridized carbons (Fsp3) is 0.500. The summed E-state index contributed by atoms with van der Waals surface area (Å²) < 4.78 is 0. The molecule has 2 aliphatic rings. The highest BCUT2D eigenvalue weighted by atomic mass is 35.5. The predicted octanol–water partition coefficient (Wildman–Crippen LogP) is 5.68. The molecule has 26 heavy (non-hydrogen) atoms. The van der Waals surface area contributed by atoms with Gasteiger partial charge in [-0.2, -0.15) is 0 Å². The van der Waals surface area contributed by atoms with Crippen molar-refractivity contribution in [2.75, 3.05) is 0 Å².